The number of aromatic nitrogens is 1. The number of nitrogens with one attached hydrogen (secondary N) is 2. The standard InChI is InChI=1S/C16H22N2O/c1-10-3-4-14-12(9-18-16(14)11(10)2)7-13-8-17-6-5-15(13)19/h3-4,9,13,15,17-19H,5-8H2,1-2H3. The van der Waals surface area contributed by atoms with Crippen molar-refractivity contribution < 1.29 is 5.11 Å². The van der Waals surface area contributed by atoms with Crippen molar-refractivity contribution in [2.75, 3.05) is 13.1 Å². The van der Waals surface area contributed by atoms with Gasteiger partial charge in [0.2, 0.25) is 0 Å². The molecule has 0 aliphatic carbocycles. The molecule has 2 atom stereocenters. The van der Waals surface area contributed by atoms with Gasteiger partial charge >= 0.3 is 0 Å². The first-order chi connectivity index (χ1) is 9.16. The molecule has 3 heteroatoms. The molecule has 1 fully saturated rings. The Labute approximate surface area is 114 Å². The smallest absolute Gasteiger partial charge is 0.0595 e. The van der Waals surface area contributed by atoms with E-state index in [1.54, 1.807) is 0 Å². The molecule has 1 aromatic carbocycles. The molecule has 0 bridgehead atoms. The van der Waals surface area contributed by atoms with Crippen LogP contribution in [0.2, 0.25) is 0 Å². The Hall–Kier alpha value is -1.32. The number of H-pyrrole nitrogens is 1. The molecule has 2 unspecified atom stereocenters. The largest absolute Gasteiger partial charge is 0.393 e. The van der Waals surface area contributed by atoms with Crippen molar-refractivity contribution in [2.45, 2.75) is 32.8 Å². The topological polar surface area (TPSA) is 48.0 Å². The first-order valence-electron chi connectivity index (χ1n) is 7.11. The number of benzene rings is 1. The Kier molecular flexibility index (Phi) is 3.33. The van der Waals surface area contributed by atoms with Crippen LogP contribution in [-0.2, 0) is 6.42 Å². The summed E-state index contributed by atoms with van der Waals surface area (Å²) in [5.41, 5.74) is 5.21. The van der Waals surface area contributed by atoms with Crippen molar-refractivity contribution in [1.29, 1.82) is 0 Å². The van der Waals surface area contributed by atoms with Crippen molar-refractivity contribution >= 4 is 10.9 Å². The summed E-state index contributed by atoms with van der Waals surface area (Å²) in [5, 5.41) is 14.8. The van der Waals surface area contributed by atoms with Gasteiger partial charge in [-0.15, -0.1) is 0 Å². The average molecular weight is 258 g/mol. The van der Waals surface area contributed by atoms with Crippen molar-refractivity contribution in [3.8, 4) is 0 Å². The summed E-state index contributed by atoms with van der Waals surface area (Å²) in [6.45, 7) is 6.15. The average Bonchev–Trinajstić information content (AvgIpc) is 2.81. The lowest BCUT2D eigenvalue weighted by molar-refractivity contribution is 0.0793. The third kappa shape index (κ3) is 2.28. The van der Waals surface area contributed by atoms with Gasteiger partial charge in [0.25, 0.3) is 0 Å². The quantitative estimate of drug-likeness (QED) is 0.774. The fourth-order valence-corrected chi connectivity index (χ4v) is 3.08. The van der Waals surface area contributed by atoms with Crippen LogP contribution in [0.1, 0.15) is 23.1 Å². The molecular formula is C16H22N2O. The van der Waals surface area contributed by atoms with Crippen LogP contribution >= 0.6 is 0 Å². The van der Waals surface area contributed by atoms with Crippen molar-refractivity contribution in [3.05, 3.63) is 35.0 Å². The van der Waals surface area contributed by atoms with Gasteiger partial charge < -0.3 is 15.4 Å². The molecule has 2 heterocycles. The summed E-state index contributed by atoms with van der Waals surface area (Å²) in [6, 6.07) is 4.39. The van der Waals surface area contributed by atoms with Crippen LogP contribution in [0.15, 0.2) is 18.3 Å². The highest BCUT2D eigenvalue weighted by Crippen LogP contribution is 2.27. The van der Waals surface area contributed by atoms with E-state index in [1.807, 2.05) is 0 Å². The Bertz CT molecular complexity index is 588. The third-order valence-electron chi connectivity index (χ3n) is 4.52. The van der Waals surface area contributed by atoms with Gasteiger partial charge in [-0.1, -0.05) is 12.1 Å². The maximum atomic E-state index is 10.1. The minimum atomic E-state index is -0.169. The lowest BCUT2D eigenvalue weighted by atomic mass is 9.89. The van der Waals surface area contributed by atoms with Gasteiger partial charge in [0.05, 0.1) is 6.10 Å². The van der Waals surface area contributed by atoms with E-state index in [-0.39, 0.29) is 6.10 Å². The lowest BCUT2D eigenvalue weighted by Gasteiger charge is -2.28. The van der Waals surface area contributed by atoms with Crippen LogP contribution in [0.3, 0.4) is 0 Å². The second-order valence-electron chi connectivity index (χ2n) is 5.77. The van der Waals surface area contributed by atoms with E-state index in [1.165, 1.54) is 27.6 Å². The zero-order valence-electron chi connectivity index (χ0n) is 11.7. The summed E-state index contributed by atoms with van der Waals surface area (Å²) in [4.78, 5) is 3.40. The number of hydrogen-bond acceptors (Lipinski definition) is 2. The highest BCUT2D eigenvalue weighted by atomic mass is 16.3. The van der Waals surface area contributed by atoms with E-state index in [9.17, 15) is 5.11 Å². The van der Waals surface area contributed by atoms with E-state index in [0.29, 0.717) is 5.92 Å². The first-order valence-corrected chi connectivity index (χ1v) is 7.11. The van der Waals surface area contributed by atoms with Gasteiger partial charge in [-0.3, -0.25) is 0 Å². The Morgan fingerprint density at radius 1 is 1.32 bits per heavy atom. The number of aliphatic hydroxyl groups is 1. The molecule has 2 aromatic rings. The molecule has 1 aromatic heterocycles. The van der Waals surface area contributed by atoms with Crippen molar-refractivity contribution in [3.63, 3.8) is 0 Å². The van der Waals surface area contributed by atoms with E-state index in [0.717, 1.165) is 25.9 Å². The monoisotopic (exact) mass is 258 g/mol. The predicted molar refractivity (Wildman–Crippen MR) is 78.5 cm³/mol. The van der Waals surface area contributed by atoms with Crippen LogP contribution in [0.5, 0.6) is 0 Å². The number of hydrogen-bond donors (Lipinski definition) is 3. The molecule has 1 aliphatic rings. The number of fused-ring (bicyclic) bond motifs is 1. The Morgan fingerprint density at radius 2 is 2.16 bits per heavy atom. The molecular weight excluding hydrogens is 236 g/mol. The number of aryl methyl sites for hydroxylation is 2. The minimum Gasteiger partial charge on any atom is -0.393 e. The van der Waals surface area contributed by atoms with E-state index >= 15 is 0 Å². The van der Waals surface area contributed by atoms with Crippen LogP contribution in [-0.4, -0.2) is 29.3 Å². The number of rotatable bonds is 2. The molecule has 1 saturated heterocycles. The normalized spacial score (nSPS) is 23.9. The third-order valence-corrected chi connectivity index (χ3v) is 4.52. The minimum absolute atomic E-state index is 0.169. The van der Waals surface area contributed by atoms with E-state index in [4.69, 9.17) is 0 Å². The Morgan fingerprint density at radius 3 is 2.95 bits per heavy atom. The van der Waals surface area contributed by atoms with Crippen molar-refractivity contribution in [2.24, 2.45) is 5.92 Å². The summed E-state index contributed by atoms with van der Waals surface area (Å²) in [7, 11) is 0. The summed E-state index contributed by atoms with van der Waals surface area (Å²) in [5.74, 6) is 0.328. The van der Waals surface area contributed by atoms with Crippen LogP contribution in [0.4, 0.5) is 0 Å². The summed E-state index contributed by atoms with van der Waals surface area (Å²) in [6.07, 6.45) is 3.75. The fourth-order valence-electron chi connectivity index (χ4n) is 3.08. The van der Waals surface area contributed by atoms with Crippen molar-refractivity contribution in [1.82, 2.24) is 10.3 Å². The molecule has 3 nitrogen and oxygen atoms in total. The molecule has 3 N–H and O–H groups in total. The van der Waals surface area contributed by atoms with Gasteiger partial charge in [-0.05, 0) is 49.9 Å². The van der Waals surface area contributed by atoms with Crippen LogP contribution in [0, 0.1) is 19.8 Å². The van der Waals surface area contributed by atoms with Gasteiger partial charge in [0.1, 0.15) is 0 Å². The summed E-state index contributed by atoms with van der Waals surface area (Å²) < 4.78 is 0. The van der Waals surface area contributed by atoms with Gasteiger partial charge in [0.15, 0.2) is 0 Å². The fraction of sp³-hybridized carbons (Fsp3) is 0.500. The second-order valence-corrected chi connectivity index (χ2v) is 5.77. The first kappa shape index (κ1) is 12.7. The lowest BCUT2D eigenvalue weighted by Crippen LogP contribution is -2.40. The molecule has 0 saturated carbocycles. The number of aliphatic hydroxyl groups excluding tert-OH is 1. The van der Waals surface area contributed by atoms with Gasteiger partial charge in [-0.2, -0.15) is 0 Å². The zero-order valence-corrected chi connectivity index (χ0v) is 11.7. The van der Waals surface area contributed by atoms with E-state index in [2.05, 4.69) is 42.5 Å². The molecule has 0 radical (unpaired) electrons. The molecule has 0 amide bonds. The number of aromatic amines is 1. The molecule has 3 rings (SSSR count). The molecule has 19 heavy (non-hydrogen) atoms. The summed E-state index contributed by atoms with van der Waals surface area (Å²) >= 11 is 0. The molecule has 0 spiro atoms. The maximum absolute atomic E-state index is 10.1. The van der Waals surface area contributed by atoms with Crippen LogP contribution in [0.25, 0.3) is 10.9 Å². The number of piperidine rings is 1. The SMILES string of the molecule is Cc1ccc2c(CC3CNCCC3O)c[nH]c2c1C. The predicted octanol–water partition coefficient (Wildman–Crippen LogP) is 2.30. The zero-order chi connectivity index (χ0) is 13.4. The molecule has 1 aliphatic heterocycles. The maximum Gasteiger partial charge on any atom is 0.0595 e. The van der Waals surface area contributed by atoms with Gasteiger partial charge in [-0.25, -0.2) is 0 Å². The Balaban J connectivity index is 1.91. The molecule has 102 valence electrons. The van der Waals surface area contributed by atoms with E-state index < -0.39 is 0 Å². The van der Waals surface area contributed by atoms with Gasteiger partial charge in [0, 0.05) is 29.6 Å². The highest BCUT2D eigenvalue weighted by molar-refractivity contribution is 5.86. The van der Waals surface area contributed by atoms with Crippen LogP contribution < -0.4 is 5.32 Å². The second kappa shape index (κ2) is 4.99. The highest BCUT2D eigenvalue weighted by Gasteiger charge is 2.24.